The first kappa shape index (κ1) is 14.9. The number of benzene rings is 1. The fourth-order valence-corrected chi connectivity index (χ4v) is 2.45. The predicted octanol–water partition coefficient (Wildman–Crippen LogP) is 3.25. The first-order chi connectivity index (χ1) is 9.79. The van der Waals surface area contributed by atoms with Gasteiger partial charge in [-0.25, -0.2) is 14.2 Å². The Labute approximate surface area is 122 Å². The van der Waals surface area contributed by atoms with Crippen molar-refractivity contribution in [1.29, 1.82) is 0 Å². The van der Waals surface area contributed by atoms with E-state index in [0.29, 0.717) is 11.2 Å². The number of halogens is 1. The Morgan fingerprint density at radius 2 is 2.14 bits per heavy atom. The summed E-state index contributed by atoms with van der Waals surface area (Å²) in [6.45, 7) is 3.62. The molecule has 1 aromatic carbocycles. The van der Waals surface area contributed by atoms with Crippen molar-refractivity contribution >= 4 is 33.8 Å². The van der Waals surface area contributed by atoms with E-state index in [4.69, 9.17) is 5.11 Å². The lowest BCUT2D eigenvalue weighted by atomic mass is 10.1. The summed E-state index contributed by atoms with van der Waals surface area (Å²) in [6.07, 6.45) is 0. The van der Waals surface area contributed by atoms with Crippen LogP contribution < -0.4 is 5.32 Å². The van der Waals surface area contributed by atoms with Crippen LogP contribution in [0.2, 0.25) is 0 Å². The van der Waals surface area contributed by atoms with Crippen LogP contribution in [0.15, 0.2) is 12.1 Å². The third-order valence-corrected chi connectivity index (χ3v) is 3.77. The van der Waals surface area contributed by atoms with E-state index in [1.807, 2.05) is 6.92 Å². The minimum absolute atomic E-state index is 0.174. The van der Waals surface area contributed by atoms with Crippen molar-refractivity contribution in [3.63, 3.8) is 0 Å². The number of carboxylic acid groups (broad SMARTS) is 1. The fourth-order valence-electron chi connectivity index (χ4n) is 1.62. The summed E-state index contributed by atoms with van der Waals surface area (Å²) in [7, 11) is 0. The van der Waals surface area contributed by atoms with Crippen LogP contribution in [-0.2, 0) is 0 Å². The van der Waals surface area contributed by atoms with Crippen molar-refractivity contribution in [1.82, 2.24) is 4.98 Å². The first-order valence-corrected chi connectivity index (χ1v) is 6.53. The molecule has 0 spiro atoms. The predicted molar refractivity (Wildman–Crippen MR) is 74.9 cm³/mol. The second-order valence-corrected chi connectivity index (χ2v) is 5.40. The maximum atomic E-state index is 13.9. The Balaban J connectivity index is 2.47. The van der Waals surface area contributed by atoms with Crippen molar-refractivity contribution < 1.29 is 19.2 Å². The Bertz CT molecular complexity index is 725. The fraction of sp³-hybridized carbons (Fsp3) is 0.167. The van der Waals surface area contributed by atoms with Gasteiger partial charge in [-0.1, -0.05) is 0 Å². The van der Waals surface area contributed by atoms with Gasteiger partial charge in [0.25, 0.3) is 5.69 Å². The SMILES string of the molecule is Cc1nc(Nc2cc(C(=O)O)c([N+](=O)[O-])cc2F)sc1C. The van der Waals surface area contributed by atoms with E-state index in [2.05, 4.69) is 10.3 Å². The lowest BCUT2D eigenvalue weighted by Gasteiger charge is -2.06. The largest absolute Gasteiger partial charge is 0.477 e. The molecular formula is C12H10FN3O4S. The molecule has 1 heterocycles. The number of anilines is 2. The van der Waals surface area contributed by atoms with E-state index in [-0.39, 0.29) is 5.69 Å². The molecule has 0 bridgehead atoms. The third-order valence-electron chi connectivity index (χ3n) is 2.78. The van der Waals surface area contributed by atoms with Gasteiger partial charge in [0.1, 0.15) is 5.56 Å². The van der Waals surface area contributed by atoms with E-state index in [1.54, 1.807) is 6.92 Å². The Hall–Kier alpha value is -2.55. The van der Waals surface area contributed by atoms with E-state index >= 15 is 0 Å². The number of aromatic nitrogens is 1. The molecular weight excluding hydrogens is 301 g/mol. The number of thiazole rings is 1. The standard InChI is InChI=1S/C12H10FN3O4S/c1-5-6(2)21-12(14-5)15-9-3-7(11(17)18)10(16(19)20)4-8(9)13/h3-4H,1-2H3,(H,14,15)(H,17,18). The molecule has 0 radical (unpaired) electrons. The summed E-state index contributed by atoms with van der Waals surface area (Å²) >= 11 is 1.27. The first-order valence-electron chi connectivity index (χ1n) is 5.72. The van der Waals surface area contributed by atoms with Gasteiger partial charge in [0.15, 0.2) is 10.9 Å². The second kappa shape index (κ2) is 5.44. The van der Waals surface area contributed by atoms with E-state index < -0.39 is 28.0 Å². The summed E-state index contributed by atoms with van der Waals surface area (Å²) in [5.74, 6) is -2.42. The maximum absolute atomic E-state index is 13.9. The molecule has 0 saturated heterocycles. The molecule has 0 saturated carbocycles. The number of aromatic carboxylic acids is 1. The Morgan fingerprint density at radius 1 is 1.48 bits per heavy atom. The monoisotopic (exact) mass is 311 g/mol. The van der Waals surface area contributed by atoms with Crippen LogP contribution >= 0.6 is 11.3 Å². The zero-order chi connectivity index (χ0) is 15.7. The molecule has 0 aliphatic heterocycles. The summed E-state index contributed by atoms with van der Waals surface area (Å²) in [5.41, 5.74) is -0.791. The zero-order valence-electron chi connectivity index (χ0n) is 11.0. The van der Waals surface area contributed by atoms with Crippen LogP contribution in [0.1, 0.15) is 20.9 Å². The number of rotatable bonds is 4. The number of nitro groups is 1. The number of nitrogens with one attached hydrogen (secondary N) is 1. The van der Waals surface area contributed by atoms with Gasteiger partial charge in [0.05, 0.1) is 22.4 Å². The molecule has 2 rings (SSSR count). The molecule has 21 heavy (non-hydrogen) atoms. The van der Waals surface area contributed by atoms with Gasteiger partial charge in [-0.3, -0.25) is 10.1 Å². The van der Waals surface area contributed by atoms with Crippen LogP contribution in [0.5, 0.6) is 0 Å². The van der Waals surface area contributed by atoms with Gasteiger partial charge in [0.2, 0.25) is 0 Å². The number of nitro benzene ring substituents is 1. The highest BCUT2D eigenvalue weighted by atomic mass is 32.1. The highest BCUT2D eigenvalue weighted by Crippen LogP contribution is 2.30. The van der Waals surface area contributed by atoms with Gasteiger partial charge in [-0.05, 0) is 19.9 Å². The third kappa shape index (κ3) is 2.97. The molecule has 2 N–H and O–H groups in total. The van der Waals surface area contributed by atoms with Crippen LogP contribution in [0, 0.1) is 29.8 Å². The number of carboxylic acids is 1. The number of carbonyl (C=O) groups is 1. The van der Waals surface area contributed by atoms with Gasteiger partial charge in [-0.2, -0.15) is 0 Å². The molecule has 2 aromatic rings. The topological polar surface area (TPSA) is 105 Å². The van der Waals surface area contributed by atoms with E-state index in [1.165, 1.54) is 11.3 Å². The van der Waals surface area contributed by atoms with Crippen LogP contribution in [-0.4, -0.2) is 21.0 Å². The van der Waals surface area contributed by atoms with Crippen LogP contribution in [0.4, 0.5) is 20.9 Å². The molecule has 7 nitrogen and oxygen atoms in total. The minimum Gasteiger partial charge on any atom is -0.477 e. The lowest BCUT2D eigenvalue weighted by Crippen LogP contribution is -2.05. The molecule has 110 valence electrons. The van der Waals surface area contributed by atoms with Crippen molar-refractivity contribution in [3.05, 3.63) is 44.2 Å². The number of hydrogen-bond acceptors (Lipinski definition) is 6. The summed E-state index contributed by atoms with van der Waals surface area (Å²) < 4.78 is 13.9. The van der Waals surface area contributed by atoms with Gasteiger partial charge < -0.3 is 10.4 Å². The van der Waals surface area contributed by atoms with Gasteiger partial charge >= 0.3 is 5.97 Å². The van der Waals surface area contributed by atoms with Crippen molar-refractivity contribution in [2.45, 2.75) is 13.8 Å². The van der Waals surface area contributed by atoms with Crippen LogP contribution in [0.3, 0.4) is 0 Å². The molecule has 0 fully saturated rings. The molecule has 0 atom stereocenters. The zero-order valence-corrected chi connectivity index (χ0v) is 11.8. The highest BCUT2D eigenvalue weighted by Gasteiger charge is 2.23. The van der Waals surface area contributed by atoms with Crippen LogP contribution in [0.25, 0.3) is 0 Å². The minimum atomic E-state index is -1.50. The van der Waals surface area contributed by atoms with Crippen molar-refractivity contribution in [2.24, 2.45) is 0 Å². The van der Waals surface area contributed by atoms with E-state index in [0.717, 1.165) is 16.6 Å². The molecule has 0 amide bonds. The Kier molecular flexibility index (Phi) is 3.85. The van der Waals surface area contributed by atoms with Gasteiger partial charge in [0, 0.05) is 4.88 Å². The van der Waals surface area contributed by atoms with Crippen molar-refractivity contribution in [2.75, 3.05) is 5.32 Å². The van der Waals surface area contributed by atoms with E-state index in [9.17, 15) is 19.3 Å². The second-order valence-electron chi connectivity index (χ2n) is 4.20. The van der Waals surface area contributed by atoms with Crippen molar-refractivity contribution in [3.8, 4) is 0 Å². The normalized spacial score (nSPS) is 10.4. The number of hydrogen-bond donors (Lipinski definition) is 2. The smallest absolute Gasteiger partial charge is 0.342 e. The number of nitrogens with zero attached hydrogens (tertiary/aromatic N) is 2. The molecule has 0 aliphatic rings. The lowest BCUT2D eigenvalue weighted by molar-refractivity contribution is -0.385. The number of aryl methyl sites for hydroxylation is 2. The average Bonchev–Trinajstić information content (AvgIpc) is 2.69. The molecule has 1 aromatic heterocycles. The van der Waals surface area contributed by atoms with Gasteiger partial charge in [-0.15, -0.1) is 11.3 Å². The molecule has 0 aliphatic carbocycles. The summed E-state index contributed by atoms with van der Waals surface area (Å²) in [6, 6.07) is 1.47. The maximum Gasteiger partial charge on any atom is 0.342 e. The molecule has 9 heteroatoms. The highest BCUT2D eigenvalue weighted by molar-refractivity contribution is 7.15. The summed E-state index contributed by atoms with van der Waals surface area (Å²) in [4.78, 5) is 25.9. The molecule has 0 unspecified atom stereocenters. The summed E-state index contributed by atoms with van der Waals surface area (Å²) in [5, 5.41) is 22.7. The quantitative estimate of drug-likeness (QED) is 0.663. The Morgan fingerprint density at radius 3 is 2.62 bits per heavy atom. The average molecular weight is 311 g/mol.